The number of carbonyl (C=O) groups is 2. The van der Waals surface area contributed by atoms with Gasteiger partial charge in [-0.1, -0.05) is 12.1 Å². The van der Waals surface area contributed by atoms with E-state index in [1.165, 1.54) is 17.0 Å². The van der Waals surface area contributed by atoms with E-state index in [0.717, 1.165) is 12.1 Å². The van der Waals surface area contributed by atoms with Crippen LogP contribution in [0.3, 0.4) is 0 Å². The summed E-state index contributed by atoms with van der Waals surface area (Å²) in [7, 11) is 0. The third-order valence-corrected chi connectivity index (χ3v) is 4.02. The number of nitrogens with zero attached hydrogens (tertiary/aromatic N) is 2. The number of anilines is 1. The predicted molar refractivity (Wildman–Crippen MR) is 91.4 cm³/mol. The number of halogens is 1. The largest absolute Gasteiger partial charge is 0.332 e. The van der Waals surface area contributed by atoms with Crippen molar-refractivity contribution >= 4 is 17.6 Å². The lowest BCUT2D eigenvalue weighted by Gasteiger charge is -2.32. The van der Waals surface area contributed by atoms with E-state index in [1.807, 2.05) is 6.07 Å². The van der Waals surface area contributed by atoms with Crippen molar-refractivity contribution < 1.29 is 14.0 Å². The van der Waals surface area contributed by atoms with E-state index in [9.17, 15) is 14.0 Å². The molecule has 2 N–H and O–H groups in total. The molecule has 7 heteroatoms. The van der Waals surface area contributed by atoms with Gasteiger partial charge in [0.2, 0.25) is 5.91 Å². The molecule has 0 aliphatic carbocycles. The molecular formula is C18H19FN4O2. The van der Waals surface area contributed by atoms with Crippen molar-refractivity contribution in [1.82, 2.24) is 15.6 Å². The maximum absolute atomic E-state index is 13.4. The molecule has 0 saturated carbocycles. The molecule has 25 heavy (non-hydrogen) atoms. The van der Waals surface area contributed by atoms with Crippen molar-refractivity contribution in [2.24, 2.45) is 0 Å². The van der Waals surface area contributed by atoms with Crippen LogP contribution in [0.2, 0.25) is 0 Å². The van der Waals surface area contributed by atoms with Crippen LogP contribution in [-0.2, 0) is 11.3 Å². The molecule has 0 spiro atoms. The standard InChI is InChI=1S/C18H19FN4O2/c19-13-5-3-7-15(11-13)23-10-4-8-16(17(23)24)22-18(25)21-12-14-6-1-2-9-20-14/h1-3,5-7,9,11,16H,4,8,10,12H2,(H2,21,22,25)/t16-/m1/s1. The fraction of sp³-hybridized carbons (Fsp3) is 0.278. The van der Waals surface area contributed by atoms with Crippen LogP contribution in [0.15, 0.2) is 48.7 Å². The van der Waals surface area contributed by atoms with Crippen molar-refractivity contribution in [2.45, 2.75) is 25.4 Å². The van der Waals surface area contributed by atoms with Crippen LogP contribution in [-0.4, -0.2) is 29.5 Å². The summed E-state index contributed by atoms with van der Waals surface area (Å²) < 4.78 is 13.4. The molecule has 6 nitrogen and oxygen atoms in total. The number of pyridine rings is 1. The SMILES string of the molecule is O=C(NCc1ccccn1)N[C@@H]1CCCN(c2cccc(F)c2)C1=O. The third kappa shape index (κ3) is 4.32. The fourth-order valence-electron chi connectivity index (χ4n) is 2.79. The highest BCUT2D eigenvalue weighted by Crippen LogP contribution is 2.21. The van der Waals surface area contributed by atoms with Crippen LogP contribution in [0.25, 0.3) is 0 Å². The molecule has 1 atom stereocenters. The van der Waals surface area contributed by atoms with Crippen molar-refractivity contribution in [2.75, 3.05) is 11.4 Å². The summed E-state index contributed by atoms with van der Waals surface area (Å²) in [6.45, 7) is 0.789. The first-order valence-corrected chi connectivity index (χ1v) is 8.15. The third-order valence-electron chi connectivity index (χ3n) is 4.02. The zero-order valence-corrected chi connectivity index (χ0v) is 13.6. The first kappa shape index (κ1) is 16.9. The lowest BCUT2D eigenvalue weighted by atomic mass is 10.0. The van der Waals surface area contributed by atoms with Gasteiger partial charge in [-0.15, -0.1) is 0 Å². The van der Waals surface area contributed by atoms with Crippen molar-refractivity contribution in [3.05, 3.63) is 60.2 Å². The monoisotopic (exact) mass is 342 g/mol. The van der Waals surface area contributed by atoms with Gasteiger partial charge in [-0.3, -0.25) is 9.78 Å². The van der Waals surface area contributed by atoms with Crippen molar-refractivity contribution in [1.29, 1.82) is 0 Å². The average molecular weight is 342 g/mol. The first-order chi connectivity index (χ1) is 12.1. The van der Waals surface area contributed by atoms with Gasteiger partial charge < -0.3 is 15.5 Å². The van der Waals surface area contributed by atoms with E-state index in [2.05, 4.69) is 15.6 Å². The summed E-state index contributed by atoms with van der Waals surface area (Å²) in [5.41, 5.74) is 1.24. The summed E-state index contributed by atoms with van der Waals surface area (Å²) in [5.74, 6) is -0.627. The molecule has 1 saturated heterocycles. The highest BCUT2D eigenvalue weighted by molar-refractivity contribution is 5.99. The molecule has 0 unspecified atom stereocenters. The number of benzene rings is 1. The van der Waals surface area contributed by atoms with E-state index < -0.39 is 17.9 Å². The van der Waals surface area contributed by atoms with Gasteiger partial charge in [-0.2, -0.15) is 0 Å². The second-order valence-electron chi connectivity index (χ2n) is 5.81. The maximum atomic E-state index is 13.4. The lowest BCUT2D eigenvalue weighted by molar-refractivity contribution is -0.121. The van der Waals surface area contributed by atoms with Crippen molar-refractivity contribution in [3.63, 3.8) is 0 Å². The molecule has 1 aliphatic heterocycles. The van der Waals surface area contributed by atoms with Crippen LogP contribution in [0, 0.1) is 5.82 Å². The summed E-state index contributed by atoms with van der Waals surface area (Å²) >= 11 is 0. The molecule has 0 bridgehead atoms. The Morgan fingerprint density at radius 2 is 2.16 bits per heavy atom. The quantitative estimate of drug-likeness (QED) is 0.895. The molecule has 1 aromatic carbocycles. The highest BCUT2D eigenvalue weighted by Gasteiger charge is 2.30. The number of amides is 3. The molecule has 1 fully saturated rings. The minimum absolute atomic E-state index is 0.232. The number of hydrogen-bond acceptors (Lipinski definition) is 3. The van der Waals surface area contributed by atoms with Crippen LogP contribution in [0.4, 0.5) is 14.9 Å². The number of nitrogens with one attached hydrogen (secondary N) is 2. The molecule has 1 aliphatic rings. The van der Waals surface area contributed by atoms with Crippen LogP contribution < -0.4 is 15.5 Å². The van der Waals surface area contributed by atoms with Gasteiger partial charge in [0.05, 0.1) is 12.2 Å². The van der Waals surface area contributed by atoms with E-state index >= 15 is 0 Å². The zero-order chi connectivity index (χ0) is 17.6. The molecule has 0 radical (unpaired) electrons. The predicted octanol–water partition coefficient (Wildman–Crippen LogP) is 2.22. The summed E-state index contributed by atoms with van der Waals surface area (Å²) in [5, 5.41) is 5.38. The molecule has 3 rings (SSSR count). The van der Waals surface area contributed by atoms with Gasteiger partial charge in [0.25, 0.3) is 0 Å². The molecule has 3 amide bonds. The van der Waals surface area contributed by atoms with Crippen LogP contribution >= 0.6 is 0 Å². The molecular weight excluding hydrogens is 323 g/mol. The van der Waals surface area contributed by atoms with Gasteiger partial charge in [-0.25, -0.2) is 9.18 Å². The number of rotatable bonds is 4. The van der Waals surface area contributed by atoms with Gasteiger partial charge >= 0.3 is 6.03 Å². The maximum Gasteiger partial charge on any atom is 0.315 e. The summed E-state index contributed by atoms with van der Waals surface area (Å²) in [6.07, 6.45) is 2.94. The minimum atomic E-state index is -0.624. The van der Waals surface area contributed by atoms with Crippen LogP contribution in [0.1, 0.15) is 18.5 Å². The Labute approximate surface area is 145 Å². The van der Waals surface area contributed by atoms with E-state index in [-0.39, 0.29) is 12.5 Å². The topological polar surface area (TPSA) is 74.3 Å². The van der Waals surface area contributed by atoms with Gasteiger partial charge in [0.15, 0.2) is 0 Å². The second-order valence-corrected chi connectivity index (χ2v) is 5.81. The Bertz CT molecular complexity index is 754. The number of piperidine rings is 1. The van der Waals surface area contributed by atoms with Crippen LogP contribution in [0.5, 0.6) is 0 Å². The number of hydrogen-bond donors (Lipinski definition) is 2. The minimum Gasteiger partial charge on any atom is -0.332 e. The zero-order valence-electron chi connectivity index (χ0n) is 13.6. The van der Waals surface area contributed by atoms with E-state index in [4.69, 9.17) is 0 Å². The smallest absolute Gasteiger partial charge is 0.315 e. The number of aromatic nitrogens is 1. The molecule has 130 valence electrons. The normalized spacial score (nSPS) is 17.2. The number of urea groups is 1. The fourth-order valence-corrected chi connectivity index (χ4v) is 2.79. The lowest BCUT2D eigenvalue weighted by Crippen LogP contribution is -2.54. The van der Waals surface area contributed by atoms with E-state index in [0.29, 0.717) is 18.7 Å². The Balaban J connectivity index is 1.58. The molecule has 2 heterocycles. The Morgan fingerprint density at radius 3 is 2.92 bits per heavy atom. The van der Waals surface area contributed by atoms with Gasteiger partial charge in [0.1, 0.15) is 11.9 Å². The Morgan fingerprint density at radius 1 is 1.28 bits per heavy atom. The van der Waals surface area contributed by atoms with Gasteiger partial charge in [-0.05, 0) is 43.2 Å². The molecule has 1 aromatic heterocycles. The summed E-state index contributed by atoms with van der Waals surface area (Å²) in [6, 6.07) is 10.3. The van der Waals surface area contributed by atoms with Crippen molar-refractivity contribution in [3.8, 4) is 0 Å². The first-order valence-electron chi connectivity index (χ1n) is 8.15. The Hall–Kier alpha value is -2.96. The van der Waals surface area contributed by atoms with E-state index in [1.54, 1.807) is 30.5 Å². The highest BCUT2D eigenvalue weighted by atomic mass is 19.1. The number of carbonyl (C=O) groups excluding carboxylic acids is 2. The summed E-state index contributed by atoms with van der Waals surface area (Å²) in [4.78, 5) is 30.3. The molecule has 2 aromatic rings. The second kappa shape index (κ2) is 7.74. The average Bonchev–Trinajstić information content (AvgIpc) is 2.63. The van der Waals surface area contributed by atoms with Gasteiger partial charge in [0, 0.05) is 18.4 Å². The Kier molecular flexibility index (Phi) is 5.23.